The van der Waals surface area contributed by atoms with Crippen molar-refractivity contribution in [2.24, 2.45) is 0 Å². The maximum Gasteiger partial charge on any atom is 0.237 e. The smallest absolute Gasteiger partial charge is 0.237 e. The number of hydrogen-bond acceptors (Lipinski definition) is 4. The SMILES string of the molecule is Cl.O=C(N[C@@H](CO)c1ccc(-c2ccccc2Cl)cc1)[C@@H]1C[C@@H](O)CN1. The summed E-state index contributed by atoms with van der Waals surface area (Å²) in [5.74, 6) is -0.217. The second-order valence-corrected chi connectivity index (χ2v) is 6.60. The molecule has 0 spiro atoms. The van der Waals surface area contributed by atoms with Gasteiger partial charge in [0.05, 0.1) is 24.8 Å². The zero-order valence-electron chi connectivity index (χ0n) is 14.1. The highest BCUT2D eigenvalue weighted by molar-refractivity contribution is 6.33. The number of halogens is 2. The van der Waals surface area contributed by atoms with Crippen molar-refractivity contribution in [3.63, 3.8) is 0 Å². The van der Waals surface area contributed by atoms with Crippen LogP contribution in [0.25, 0.3) is 11.1 Å². The monoisotopic (exact) mass is 396 g/mol. The average Bonchev–Trinajstić information content (AvgIpc) is 3.07. The Morgan fingerprint density at radius 2 is 1.92 bits per heavy atom. The van der Waals surface area contributed by atoms with Crippen molar-refractivity contribution in [2.75, 3.05) is 13.2 Å². The van der Waals surface area contributed by atoms with Crippen LogP contribution in [0.4, 0.5) is 0 Å². The summed E-state index contributed by atoms with van der Waals surface area (Å²) in [4.78, 5) is 12.3. The number of aliphatic hydroxyl groups is 2. The van der Waals surface area contributed by atoms with Gasteiger partial charge in [-0.3, -0.25) is 4.79 Å². The predicted octanol–water partition coefficient (Wildman–Crippen LogP) is 2.30. The van der Waals surface area contributed by atoms with Gasteiger partial charge in [-0.15, -0.1) is 12.4 Å². The molecule has 0 aromatic heterocycles. The number of carbonyl (C=O) groups excluding carboxylic acids is 1. The first kappa shape index (κ1) is 20.7. The molecule has 5 nitrogen and oxygen atoms in total. The molecule has 1 aliphatic rings. The molecule has 0 aliphatic carbocycles. The van der Waals surface area contributed by atoms with E-state index in [1.165, 1.54) is 0 Å². The van der Waals surface area contributed by atoms with Gasteiger partial charge in [0.25, 0.3) is 0 Å². The third kappa shape index (κ3) is 4.75. The molecule has 3 rings (SSSR count). The molecule has 4 N–H and O–H groups in total. The Hall–Kier alpha value is -1.63. The van der Waals surface area contributed by atoms with Crippen molar-refractivity contribution in [1.82, 2.24) is 10.6 Å². The lowest BCUT2D eigenvalue weighted by atomic mass is 10.0. The molecule has 1 fully saturated rings. The van der Waals surface area contributed by atoms with Gasteiger partial charge in [-0.2, -0.15) is 0 Å². The van der Waals surface area contributed by atoms with Gasteiger partial charge in [0.15, 0.2) is 0 Å². The first-order valence-electron chi connectivity index (χ1n) is 8.26. The van der Waals surface area contributed by atoms with Crippen LogP contribution < -0.4 is 10.6 Å². The number of nitrogens with one attached hydrogen (secondary N) is 2. The maximum atomic E-state index is 12.3. The molecule has 140 valence electrons. The van der Waals surface area contributed by atoms with Crippen molar-refractivity contribution >= 4 is 29.9 Å². The van der Waals surface area contributed by atoms with Crippen LogP contribution in [-0.2, 0) is 4.79 Å². The molecule has 1 amide bonds. The van der Waals surface area contributed by atoms with Crippen molar-refractivity contribution in [1.29, 1.82) is 0 Å². The largest absolute Gasteiger partial charge is 0.394 e. The molecule has 0 radical (unpaired) electrons. The van der Waals surface area contributed by atoms with Crippen molar-refractivity contribution in [3.8, 4) is 11.1 Å². The van der Waals surface area contributed by atoms with Crippen molar-refractivity contribution in [3.05, 3.63) is 59.1 Å². The van der Waals surface area contributed by atoms with Crippen molar-refractivity contribution < 1.29 is 15.0 Å². The summed E-state index contributed by atoms with van der Waals surface area (Å²) in [6.07, 6.45) is -0.117. The molecule has 2 aromatic carbocycles. The lowest BCUT2D eigenvalue weighted by Gasteiger charge is -2.20. The van der Waals surface area contributed by atoms with Crippen LogP contribution in [0.1, 0.15) is 18.0 Å². The van der Waals surface area contributed by atoms with E-state index in [-0.39, 0.29) is 24.9 Å². The van der Waals surface area contributed by atoms with Gasteiger partial charge in [0.1, 0.15) is 0 Å². The first-order valence-corrected chi connectivity index (χ1v) is 8.64. The highest BCUT2D eigenvalue weighted by Crippen LogP contribution is 2.28. The number of benzene rings is 2. The fraction of sp³-hybridized carbons (Fsp3) is 0.316. The van der Waals surface area contributed by atoms with E-state index in [2.05, 4.69) is 10.6 Å². The number of β-amino-alcohol motifs (C(OH)–C–C–N with tert-alkyl or cyclic N) is 1. The molecule has 1 saturated heterocycles. The van der Waals surface area contributed by atoms with E-state index >= 15 is 0 Å². The number of hydrogen-bond donors (Lipinski definition) is 4. The summed E-state index contributed by atoms with van der Waals surface area (Å²) in [6, 6.07) is 14.3. The molecular weight excluding hydrogens is 375 g/mol. The lowest BCUT2D eigenvalue weighted by molar-refractivity contribution is -0.124. The third-order valence-corrected chi connectivity index (χ3v) is 4.75. The first-order chi connectivity index (χ1) is 12.1. The Kier molecular flexibility index (Phi) is 7.43. The van der Waals surface area contributed by atoms with Crippen LogP contribution in [0.15, 0.2) is 48.5 Å². The molecule has 1 aliphatic heterocycles. The maximum absolute atomic E-state index is 12.3. The van der Waals surface area contributed by atoms with Gasteiger partial charge in [-0.05, 0) is 23.6 Å². The Morgan fingerprint density at radius 3 is 2.50 bits per heavy atom. The number of aliphatic hydroxyl groups excluding tert-OH is 2. The van der Waals surface area contributed by atoms with Gasteiger partial charge >= 0.3 is 0 Å². The zero-order valence-corrected chi connectivity index (χ0v) is 15.6. The minimum Gasteiger partial charge on any atom is -0.394 e. The van der Waals surface area contributed by atoms with Gasteiger partial charge in [-0.1, -0.05) is 54.1 Å². The molecule has 0 bridgehead atoms. The molecule has 0 unspecified atom stereocenters. The molecule has 7 heteroatoms. The van der Waals surface area contributed by atoms with E-state index in [0.717, 1.165) is 16.7 Å². The predicted molar refractivity (Wildman–Crippen MR) is 105 cm³/mol. The summed E-state index contributed by atoms with van der Waals surface area (Å²) in [5, 5.41) is 25.6. The van der Waals surface area contributed by atoms with Crippen LogP contribution in [0.3, 0.4) is 0 Å². The van der Waals surface area contributed by atoms with Gasteiger partial charge in [0.2, 0.25) is 5.91 Å². The molecule has 3 atom stereocenters. The van der Waals surface area contributed by atoms with E-state index in [0.29, 0.717) is 18.0 Å². The van der Waals surface area contributed by atoms with E-state index in [9.17, 15) is 15.0 Å². The standard InChI is InChI=1S/C19H21ClN2O3.ClH/c20-16-4-2-1-3-15(16)12-5-7-13(8-6-12)18(11-23)22-19(25)17-9-14(24)10-21-17;/h1-8,14,17-18,21,23-24H,9-11H2,(H,22,25);1H/t14-,17+,18+;/m1./s1. The van der Waals surface area contributed by atoms with Gasteiger partial charge < -0.3 is 20.8 Å². The fourth-order valence-corrected chi connectivity index (χ4v) is 3.26. The normalized spacial score (nSPS) is 20.3. The summed E-state index contributed by atoms with van der Waals surface area (Å²) in [7, 11) is 0. The van der Waals surface area contributed by atoms with Crippen LogP contribution in [0.2, 0.25) is 5.02 Å². The van der Waals surface area contributed by atoms with Crippen molar-refractivity contribution in [2.45, 2.75) is 24.6 Å². The number of amides is 1. The van der Waals surface area contributed by atoms with Gasteiger partial charge in [-0.25, -0.2) is 0 Å². The second kappa shape index (κ2) is 9.35. The van der Waals surface area contributed by atoms with Crippen LogP contribution >= 0.6 is 24.0 Å². The van der Waals surface area contributed by atoms with Gasteiger partial charge in [0, 0.05) is 17.1 Å². The molecule has 1 heterocycles. The average molecular weight is 397 g/mol. The van der Waals surface area contributed by atoms with Crippen LogP contribution in [0.5, 0.6) is 0 Å². The summed E-state index contributed by atoms with van der Waals surface area (Å²) >= 11 is 6.22. The minimum atomic E-state index is -0.502. The topological polar surface area (TPSA) is 81.6 Å². The van der Waals surface area contributed by atoms with E-state index in [4.69, 9.17) is 11.6 Å². The molecule has 26 heavy (non-hydrogen) atoms. The lowest BCUT2D eigenvalue weighted by Crippen LogP contribution is -2.42. The second-order valence-electron chi connectivity index (χ2n) is 6.20. The zero-order chi connectivity index (χ0) is 17.8. The summed E-state index contributed by atoms with van der Waals surface area (Å²) < 4.78 is 0. The molecule has 0 saturated carbocycles. The Labute approximate surface area is 163 Å². The summed E-state index contributed by atoms with van der Waals surface area (Å²) in [6.45, 7) is 0.209. The van der Waals surface area contributed by atoms with E-state index in [1.54, 1.807) is 0 Å². The molecular formula is C19H22Cl2N2O3. The van der Waals surface area contributed by atoms with E-state index in [1.807, 2.05) is 48.5 Å². The highest BCUT2D eigenvalue weighted by atomic mass is 35.5. The minimum absolute atomic E-state index is 0. The Balaban J connectivity index is 0.00000243. The third-order valence-electron chi connectivity index (χ3n) is 4.42. The quantitative estimate of drug-likeness (QED) is 0.624. The number of rotatable bonds is 5. The Morgan fingerprint density at radius 1 is 1.23 bits per heavy atom. The molecule has 2 aromatic rings. The number of carbonyl (C=O) groups is 1. The van der Waals surface area contributed by atoms with Crippen LogP contribution in [0, 0.1) is 0 Å². The van der Waals surface area contributed by atoms with Crippen LogP contribution in [-0.4, -0.2) is 41.4 Å². The Bertz CT molecular complexity index is 740. The highest BCUT2D eigenvalue weighted by Gasteiger charge is 2.29. The summed E-state index contributed by atoms with van der Waals surface area (Å²) in [5.41, 5.74) is 2.72. The van der Waals surface area contributed by atoms with E-state index < -0.39 is 18.2 Å². The fourth-order valence-electron chi connectivity index (χ4n) is 3.01.